The Balaban J connectivity index is 1.38. The minimum absolute atomic E-state index is 0.0498. The van der Waals surface area contributed by atoms with Crippen molar-refractivity contribution in [3.05, 3.63) is 60.4 Å². The van der Waals surface area contributed by atoms with Crippen LogP contribution in [0.3, 0.4) is 0 Å². The Morgan fingerprint density at radius 3 is 2.19 bits per heavy atom. The van der Waals surface area contributed by atoms with E-state index in [1.807, 2.05) is 42.2 Å². The maximum atomic E-state index is 12.9. The number of aromatic nitrogens is 2. The van der Waals surface area contributed by atoms with Crippen LogP contribution >= 0.6 is 0 Å². The summed E-state index contributed by atoms with van der Waals surface area (Å²) in [6, 6.07) is 13.5. The summed E-state index contributed by atoms with van der Waals surface area (Å²) in [5.41, 5.74) is 2.63. The third-order valence-corrected chi connectivity index (χ3v) is 6.13. The monoisotopic (exact) mass is 504 g/mol. The van der Waals surface area contributed by atoms with Gasteiger partial charge >= 0.3 is 0 Å². The van der Waals surface area contributed by atoms with Gasteiger partial charge in [-0.1, -0.05) is 0 Å². The minimum Gasteiger partial charge on any atom is -0.494 e. The molecule has 0 radical (unpaired) electrons. The predicted octanol–water partition coefficient (Wildman–Crippen LogP) is 3.93. The fraction of sp³-hybridized carbons (Fsp3) is 0.321. The number of hydrogen-bond donors (Lipinski definition) is 0. The molecule has 0 unspecified atom stereocenters. The molecule has 2 heterocycles. The molecule has 0 bridgehead atoms. The fourth-order valence-corrected chi connectivity index (χ4v) is 4.19. The second-order valence-corrected chi connectivity index (χ2v) is 8.32. The Morgan fingerprint density at radius 1 is 0.919 bits per heavy atom. The number of hydrogen-bond acceptors (Lipinski definition) is 8. The van der Waals surface area contributed by atoms with Crippen LogP contribution in [0.2, 0.25) is 0 Å². The summed E-state index contributed by atoms with van der Waals surface area (Å²) in [4.78, 5) is 25.8. The van der Waals surface area contributed by atoms with E-state index in [4.69, 9.17) is 18.9 Å². The van der Waals surface area contributed by atoms with Gasteiger partial charge in [-0.15, -0.1) is 0 Å². The number of nitrogens with zero attached hydrogens (tertiary/aromatic N) is 4. The van der Waals surface area contributed by atoms with Gasteiger partial charge in [0, 0.05) is 43.9 Å². The molecule has 0 aliphatic carbocycles. The molecule has 1 aromatic heterocycles. The molecule has 9 heteroatoms. The predicted molar refractivity (Wildman–Crippen MR) is 143 cm³/mol. The Bertz CT molecular complexity index is 1210. The normalized spacial score (nSPS) is 13.5. The molecule has 0 N–H and O–H groups in total. The van der Waals surface area contributed by atoms with Crippen molar-refractivity contribution in [3.8, 4) is 34.3 Å². The lowest BCUT2D eigenvalue weighted by atomic mass is 10.1. The van der Waals surface area contributed by atoms with Crippen LogP contribution in [0.5, 0.6) is 23.0 Å². The fourth-order valence-electron chi connectivity index (χ4n) is 4.19. The number of anilines is 1. The second-order valence-electron chi connectivity index (χ2n) is 8.32. The standard InChI is InChI=1S/C28H32N4O5/c1-5-37-22-9-7-21(8-10-22)23-18-26(30-19-29-23)31-12-14-32(15-13-31)27(33)11-6-20-16-24(34-2)28(36-4)25(17-20)35-3/h6-11,16-19H,5,12-15H2,1-4H3/b11-6-. The first kappa shape index (κ1) is 25.8. The lowest BCUT2D eigenvalue weighted by Crippen LogP contribution is -2.48. The average molecular weight is 505 g/mol. The zero-order valence-electron chi connectivity index (χ0n) is 21.6. The summed E-state index contributed by atoms with van der Waals surface area (Å²) in [5.74, 6) is 3.22. The van der Waals surface area contributed by atoms with Crippen molar-refractivity contribution in [2.75, 3.05) is 59.0 Å². The molecule has 1 aliphatic heterocycles. The highest BCUT2D eigenvalue weighted by atomic mass is 16.5. The highest BCUT2D eigenvalue weighted by molar-refractivity contribution is 5.92. The molecule has 1 saturated heterocycles. The molecule has 3 aromatic rings. The largest absolute Gasteiger partial charge is 0.494 e. The number of amides is 1. The van der Waals surface area contributed by atoms with E-state index >= 15 is 0 Å². The van der Waals surface area contributed by atoms with Crippen LogP contribution in [-0.2, 0) is 4.79 Å². The van der Waals surface area contributed by atoms with Gasteiger partial charge in [-0.05, 0) is 55.0 Å². The van der Waals surface area contributed by atoms with Crippen LogP contribution in [0.15, 0.2) is 54.9 Å². The van der Waals surface area contributed by atoms with Crippen molar-refractivity contribution in [1.82, 2.24) is 14.9 Å². The van der Waals surface area contributed by atoms with E-state index in [-0.39, 0.29) is 5.91 Å². The number of piperazine rings is 1. The van der Waals surface area contributed by atoms with Crippen molar-refractivity contribution in [2.45, 2.75) is 6.92 Å². The third kappa shape index (κ3) is 6.11. The van der Waals surface area contributed by atoms with Crippen LogP contribution in [0.25, 0.3) is 17.3 Å². The van der Waals surface area contributed by atoms with Crippen LogP contribution in [0.4, 0.5) is 5.82 Å². The van der Waals surface area contributed by atoms with E-state index < -0.39 is 0 Å². The Morgan fingerprint density at radius 2 is 1.59 bits per heavy atom. The van der Waals surface area contributed by atoms with Gasteiger partial charge in [-0.25, -0.2) is 9.97 Å². The second kappa shape index (κ2) is 12.1. The van der Waals surface area contributed by atoms with Crippen molar-refractivity contribution < 1.29 is 23.7 Å². The van der Waals surface area contributed by atoms with Gasteiger partial charge in [0.25, 0.3) is 0 Å². The third-order valence-electron chi connectivity index (χ3n) is 6.13. The molecular weight excluding hydrogens is 472 g/mol. The maximum absolute atomic E-state index is 12.9. The zero-order chi connectivity index (χ0) is 26.2. The molecule has 37 heavy (non-hydrogen) atoms. The summed E-state index contributed by atoms with van der Waals surface area (Å²) < 4.78 is 21.7. The number of ether oxygens (including phenoxy) is 4. The van der Waals surface area contributed by atoms with Crippen LogP contribution in [-0.4, -0.2) is 74.9 Å². The van der Waals surface area contributed by atoms with E-state index in [1.165, 1.54) is 0 Å². The molecule has 9 nitrogen and oxygen atoms in total. The first-order valence-electron chi connectivity index (χ1n) is 12.1. The van der Waals surface area contributed by atoms with Crippen molar-refractivity contribution in [1.29, 1.82) is 0 Å². The molecule has 1 aliphatic rings. The van der Waals surface area contributed by atoms with Crippen LogP contribution < -0.4 is 23.8 Å². The molecule has 194 valence electrons. The maximum Gasteiger partial charge on any atom is 0.246 e. The highest BCUT2D eigenvalue weighted by Gasteiger charge is 2.21. The topological polar surface area (TPSA) is 86.3 Å². The van der Waals surface area contributed by atoms with Gasteiger partial charge < -0.3 is 28.7 Å². The van der Waals surface area contributed by atoms with Crippen LogP contribution in [0, 0.1) is 0 Å². The van der Waals surface area contributed by atoms with Gasteiger partial charge in [-0.2, -0.15) is 0 Å². The summed E-state index contributed by atoms with van der Waals surface area (Å²) in [6.45, 7) is 5.16. The molecule has 0 atom stereocenters. The quantitative estimate of drug-likeness (QED) is 0.405. The minimum atomic E-state index is -0.0498. The lowest BCUT2D eigenvalue weighted by molar-refractivity contribution is -0.126. The average Bonchev–Trinajstić information content (AvgIpc) is 2.96. The smallest absolute Gasteiger partial charge is 0.246 e. The van der Waals surface area contributed by atoms with E-state index in [9.17, 15) is 4.79 Å². The van der Waals surface area contributed by atoms with Gasteiger partial charge in [0.2, 0.25) is 11.7 Å². The molecule has 0 saturated carbocycles. The molecule has 1 amide bonds. The summed E-state index contributed by atoms with van der Waals surface area (Å²) in [5, 5.41) is 0. The molecule has 2 aromatic carbocycles. The Labute approximate surface area is 217 Å². The SMILES string of the molecule is CCOc1ccc(-c2cc(N3CCN(C(=O)/C=C\c4cc(OC)c(OC)c(OC)c4)CC3)ncn2)cc1. The van der Waals surface area contributed by atoms with E-state index in [0.717, 1.165) is 28.4 Å². The zero-order valence-corrected chi connectivity index (χ0v) is 21.6. The summed E-state index contributed by atoms with van der Waals surface area (Å²) >= 11 is 0. The van der Waals surface area contributed by atoms with Crippen LogP contribution in [0.1, 0.15) is 12.5 Å². The van der Waals surface area contributed by atoms with Gasteiger partial charge in [0.1, 0.15) is 17.9 Å². The number of carbonyl (C=O) groups excluding carboxylic acids is 1. The van der Waals surface area contributed by atoms with Gasteiger partial charge in [0.15, 0.2) is 11.5 Å². The van der Waals surface area contributed by atoms with Gasteiger partial charge in [-0.3, -0.25) is 4.79 Å². The lowest BCUT2D eigenvalue weighted by Gasteiger charge is -2.35. The molecule has 0 spiro atoms. The van der Waals surface area contributed by atoms with E-state index in [2.05, 4.69) is 14.9 Å². The highest BCUT2D eigenvalue weighted by Crippen LogP contribution is 2.38. The first-order chi connectivity index (χ1) is 18.1. The summed E-state index contributed by atoms with van der Waals surface area (Å²) in [6.07, 6.45) is 4.91. The number of carbonyl (C=O) groups is 1. The Kier molecular flexibility index (Phi) is 8.45. The van der Waals surface area contributed by atoms with E-state index in [0.29, 0.717) is 50.0 Å². The summed E-state index contributed by atoms with van der Waals surface area (Å²) in [7, 11) is 4.68. The number of rotatable bonds is 9. The molecule has 1 fully saturated rings. The molecule has 4 rings (SSSR count). The Hall–Kier alpha value is -4.27. The van der Waals surface area contributed by atoms with Crippen molar-refractivity contribution in [3.63, 3.8) is 0 Å². The van der Waals surface area contributed by atoms with Crippen molar-refractivity contribution in [2.24, 2.45) is 0 Å². The van der Waals surface area contributed by atoms with Crippen molar-refractivity contribution >= 4 is 17.8 Å². The van der Waals surface area contributed by atoms with Gasteiger partial charge in [0.05, 0.1) is 33.6 Å². The first-order valence-corrected chi connectivity index (χ1v) is 12.1. The molecular formula is C28H32N4O5. The number of benzene rings is 2. The number of methoxy groups -OCH3 is 3. The van der Waals surface area contributed by atoms with E-state index in [1.54, 1.807) is 51.9 Å².